The van der Waals surface area contributed by atoms with Crippen LogP contribution in [0.2, 0.25) is 5.02 Å². The lowest BCUT2D eigenvalue weighted by Crippen LogP contribution is -2.30. The van der Waals surface area contributed by atoms with Crippen molar-refractivity contribution in [1.82, 2.24) is 15.5 Å². The van der Waals surface area contributed by atoms with Gasteiger partial charge in [-0.15, -0.1) is 5.10 Å². The van der Waals surface area contributed by atoms with Gasteiger partial charge in [-0.1, -0.05) is 59.9 Å². The van der Waals surface area contributed by atoms with Gasteiger partial charge < -0.3 is 14.6 Å². The molecule has 1 aliphatic heterocycles. The van der Waals surface area contributed by atoms with Gasteiger partial charge in [0.2, 0.25) is 5.89 Å². The van der Waals surface area contributed by atoms with Crippen molar-refractivity contribution in [1.29, 1.82) is 0 Å². The van der Waals surface area contributed by atoms with Crippen molar-refractivity contribution < 1.29 is 9.21 Å². The van der Waals surface area contributed by atoms with Gasteiger partial charge in [0.05, 0.1) is 0 Å². The Morgan fingerprint density at radius 2 is 1.70 bits per heavy atom. The Hall–Kier alpha value is -2.86. The molecule has 156 valence electrons. The van der Waals surface area contributed by atoms with Crippen LogP contribution in [0, 0.1) is 0 Å². The second kappa shape index (κ2) is 9.76. The van der Waals surface area contributed by atoms with Gasteiger partial charge in [0.1, 0.15) is 6.04 Å². The molecule has 1 fully saturated rings. The molecule has 0 unspecified atom stereocenters. The molecule has 1 N–H and O–H groups in total. The van der Waals surface area contributed by atoms with Gasteiger partial charge in [-0.3, -0.25) is 4.79 Å². The van der Waals surface area contributed by atoms with E-state index in [1.807, 2.05) is 30.3 Å². The first kappa shape index (κ1) is 20.4. The number of aromatic nitrogens is 2. The Morgan fingerprint density at radius 3 is 2.40 bits per heavy atom. The number of halogens is 1. The van der Waals surface area contributed by atoms with E-state index in [9.17, 15) is 4.79 Å². The summed E-state index contributed by atoms with van der Waals surface area (Å²) in [6.07, 6.45) is 5.26. The second-order valence-corrected chi connectivity index (χ2v) is 7.98. The van der Waals surface area contributed by atoms with Crippen molar-refractivity contribution in [2.45, 2.75) is 38.1 Å². The molecule has 1 aromatic heterocycles. The number of nitrogens with zero attached hydrogens (tertiary/aromatic N) is 3. The van der Waals surface area contributed by atoms with Gasteiger partial charge in [-0.2, -0.15) is 0 Å². The van der Waals surface area contributed by atoms with Crippen LogP contribution < -0.4 is 10.2 Å². The largest absolute Gasteiger partial charge is 0.406 e. The van der Waals surface area contributed by atoms with Gasteiger partial charge >= 0.3 is 6.01 Å². The highest BCUT2D eigenvalue weighted by molar-refractivity contribution is 6.30. The highest BCUT2D eigenvalue weighted by atomic mass is 35.5. The molecule has 0 bridgehead atoms. The van der Waals surface area contributed by atoms with Gasteiger partial charge in [0.25, 0.3) is 5.91 Å². The fourth-order valence-electron chi connectivity index (χ4n) is 3.65. The first-order chi connectivity index (χ1) is 14.7. The van der Waals surface area contributed by atoms with E-state index in [0.717, 1.165) is 31.5 Å². The normalized spacial score (nSPS) is 15.4. The minimum absolute atomic E-state index is 0.206. The molecule has 1 saturated heterocycles. The molecule has 3 aromatic rings. The van der Waals surface area contributed by atoms with Crippen molar-refractivity contribution in [3.8, 4) is 0 Å². The molecule has 1 atom stereocenters. The minimum atomic E-state index is -0.427. The Kier molecular flexibility index (Phi) is 6.64. The number of amides is 1. The number of carbonyl (C=O) groups is 1. The van der Waals surface area contributed by atoms with Crippen LogP contribution in [0.25, 0.3) is 0 Å². The zero-order chi connectivity index (χ0) is 20.8. The maximum atomic E-state index is 12.8. The van der Waals surface area contributed by atoms with Gasteiger partial charge in [0.15, 0.2) is 0 Å². The average Bonchev–Trinajstić information content (AvgIpc) is 3.10. The molecule has 0 radical (unpaired) electrons. The van der Waals surface area contributed by atoms with Crippen LogP contribution >= 0.6 is 11.6 Å². The summed E-state index contributed by atoms with van der Waals surface area (Å²) >= 11 is 5.94. The summed E-state index contributed by atoms with van der Waals surface area (Å²) in [5.74, 6) is 0.211. The molecular weight excluding hydrogens is 400 g/mol. The van der Waals surface area contributed by atoms with Crippen LogP contribution in [0.3, 0.4) is 0 Å². The summed E-state index contributed by atoms with van der Waals surface area (Å²) in [7, 11) is 0. The molecule has 7 heteroatoms. The van der Waals surface area contributed by atoms with Crippen LogP contribution in [-0.4, -0.2) is 29.2 Å². The third-order valence-electron chi connectivity index (χ3n) is 5.30. The Bertz CT molecular complexity index is 951. The van der Waals surface area contributed by atoms with Crippen LogP contribution in [0.5, 0.6) is 0 Å². The molecule has 0 aliphatic carbocycles. The quantitative estimate of drug-likeness (QED) is 0.614. The fourth-order valence-corrected chi connectivity index (χ4v) is 3.78. The summed E-state index contributed by atoms with van der Waals surface area (Å²) in [5.41, 5.74) is 1.61. The average molecular weight is 425 g/mol. The van der Waals surface area contributed by atoms with E-state index in [4.69, 9.17) is 16.0 Å². The summed E-state index contributed by atoms with van der Waals surface area (Å²) in [4.78, 5) is 15.0. The number of hydrogen-bond acceptors (Lipinski definition) is 5. The predicted molar refractivity (Wildman–Crippen MR) is 117 cm³/mol. The number of benzene rings is 2. The van der Waals surface area contributed by atoms with Crippen molar-refractivity contribution in [2.24, 2.45) is 0 Å². The number of anilines is 1. The highest BCUT2D eigenvalue weighted by Crippen LogP contribution is 2.24. The van der Waals surface area contributed by atoms with E-state index in [-0.39, 0.29) is 5.91 Å². The fraction of sp³-hybridized carbons (Fsp3) is 0.348. The zero-order valence-corrected chi connectivity index (χ0v) is 17.5. The molecule has 4 rings (SSSR count). The van der Waals surface area contributed by atoms with Gasteiger partial charge in [-0.05, 0) is 42.7 Å². The molecule has 2 aromatic carbocycles. The lowest BCUT2D eigenvalue weighted by molar-refractivity contribution is 0.0930. The van der Waals surface area contributed by atoms with Crippen LogP contribution in [0.15, 0.2) is 59.0 Å². The van der Waals surface area contributed by atoms with Gasteiger partial charge in [0, 0.05) is 30.1 Å². The number of rotatable bonds is 6. The van der Waals surface area contributed by atoms with Crippen molar-refractivity contribution in [3.05, 3.63) is 76.6 Å². The first-order valence-corrected chi connectivity index (χ1v) is 10.8. The topological polar surface area (TPSA) is 71.3 Å². The molecular formula is C23H25ClN4O2. The third-order valence-corrected chi connectivity index (χ3v) is 5.55. The van der Waals surface area contributed by atoms with E-state index < -0.39 is 6.04 Å². The number of hydrogen-bond donors (Lipinski definition) is 1. The maximum absolute atomic E-state index is 12.8. The number of carbonyl (C=O) groups excluding carboxylic acids is 1. The lowest BCUT2D eigenvalue weighted by Gasteiger charge is -2.18. The molecule has 6 nitrogen and oxygen atoms in total. The molecule has 1 amide bonds. The van der Waals surface area contributed by atoms with Gasteiger partial charge in [-0.25, -0.2) is 0 Å². The summed E-state index contributed by atoms with van der Waals surface area (Å²) < 4.78 is 6.04. The summed E-state index contributed by atoms with van der Waals surface area (Å²) in [6.45, 7) is 1.84. The van der Waals surface area contributed by atoms with Crippen LogP contribution in [0.1, 0.15) is 53.5 Å². The second-order valence-electron chi connectivity index (χ2n) is 7.55. The Labute approximate surface area is 181 Å². The highest BCUT2D eigenvalue weighted by Gasteiger charge is 2.24. The Balaban J connectivity index is 1.55. The third kappa shape index (κ3) is 5.19. The van der Waals surface area contributed by atoms with Crippen molar-refractivity contribution >= 4 is 23.5 Å². The molecule has 2 heterocycles. The molecule has 30 heavy (non-hydrogen) atoms. The standard InChI is InChI=1S/C23H25ClN4O2/c24-19-12-10-18(11-13-19)21(29)25-20(16-17-8-4-3-5-9-17)22-26-27-23(30-22)28-14-6-1-2-7-15-28/h3-5,8-13,20H,1-2,6-7,14-16H2,(H,25,29)/t20-/m0/s1. The van der Waals surface area contributed by atoms with E-state index in [1.54, 1.807) is 24.3 Å². The summed E-state index contributed by atoms with van der Waals surface area (Å²) in [6, 6.07) is 16.9. The van der Waals surface area contributed by atoms with Crippen molar-refractivity contribution in [3.63, 3.8) is 0 Å². The Morgan fingerprint density at radius 1 is 1.00 bits per heavy atom. The van der Waals surface area contributed by atoms with E-state index in [1.165, 1.54) is 12.8 Å². The smallest absolute Gasteiger partial charge is 0.318 e. The minimum Gasteiger partial charge on any atom is -0.406 e. The van der Waals surface area contributed by atoms with Crippen LogP contribution in [0.4, 0.5) is 6.01 Å². The summed E-state index contributed by atoms with van der Waals surface area (Å²) in [5, 5.41) is 12.2. The monoisotopic (exact) mass is 424 g/mol. The van der Waals surface area contributed by atoms with E-state index in [0.29, 0.717) is 28.9 Å². The van der Waals surface area contributed by atoms with Crippen LogP contribution in [-0.2, 0) is 6.42 Å². The number of nitrogens with one attached hydrogen (secondary N) is 1. The lowest BCUT2D eigenvalue weighted by atomic mass is 10.1. The van der Waals surface area contributed by atoms with Crippen molar-refractivity contribution in [2.75, 3.05) is 18.0 Å². The first-order valence-electron chi connectivity index (χ1n) is 10.4. The SMILES string of the molecule is O=C(N[C@@H](Cc1ccccc1)c1nnc(N2CCCCCC2)o1)c1ccc(Cl)cc1. The van der Waals surface area contributed by atoms with E-state index >= 15 is 0 Å². The maximum Gasteiger partial charge on any atom is 0.318 e. The zero-order valence-electron chi connectivity index (χ0n) is 16.8. The molecule has 0 spiro atoms. The van der Waals surface area contributed by atoms with E-state index in [2.05, 4.69) is 20.4 Å². The molecule has 1 aliphatic rings. The predicted octanol–water partition coefficient (Wildman–Crippen LogP) is 4.82. The molecule has 0 saturated carbocycles.